The number of nitrogens with zero attached hydrogens (tertiary/aromatic N) is 2. The monoisotopic (exact) mass is 192 g/mol. The van der Waals surface area contributed by atoms with E-state index in [4.69, 9.17) is 0 Å². The average Bonchev–Trinajstić information content (AvgIpc) is 2.08. The average molecular weight is 192 g/mol. The summed E-state index contributed by atoms with van der Waals surface area (Å²) in [5.41, 5.74) is 2.33. The van der Waals surface area contributed by atoms with Crippen LogP contribution >= 0.6 is 0 Å². The van der Waals surface area contributed by atoms with Gasteiger partial charge in [-0.3, -0.25) is 0 Å². The number of pyridine rings is 1. The normalized spacial score (nSPS) is 10.7. The van der Waals surface area contributed by atoms with Crippen molar-refractivity contribution in [2.75, 3.05) is 18.5 Å². The van der Waals surface area contributed by atoms with Crippen LogP contribution in [-0.4, -0.2) is 18.6 Å². The largest absolute Gasteiger partial charge is 0.359 e. The molecule has 0 saturated carbocycles. The first kappa shape index (κ1) is 11.0. The second-order valence-corrected chi connectivity index (χ2v) is 4.37. The van der Waals surface area contributed by atoms with Gasteiger partial charge < -0.3 is 4.90 Å². The Kier molecular flexibility index (Phi) is 3.50. The Balaban J connectivity index is 2.88. The van der Waals surface area contributed by atoms with Gasteiger partial charge in [0.05, 0.1) is 0 Å². The van der Waals surface area contributed by atoms with Gasteiger partial charge in [-0.15, -0.1) is 0 Å². The molecular formula is C12H20N2. The summed E-state index contributed by atoms with van der Waals surface area (Å²) < 4.78 is 0. The second kappa shape index (κ2) is 4.45. The molecule has 0 aliphatic rings. The van der Waals surface area contributed by atoms with Gasteiger partial charge in [-0.05, 0) is 31.4 Å². The van der Waals surface area contributed by atoms with E-state index < -0.39 is 0 Å². The lowest BCUT2D eigenvalue weighted by atomic mass is 10.2. The van der Waals surface area contributed by atoms with Crippen LogP contribution in [0.2, 0.25) is 0 Å². The Labute approximate surface area is 87.0 Å². The minimum absolute atomic E-state index is 0.668. The van der Waals surface area contributed by atoms with Crippen LogP contribution in [0.25, 0.3) is 0 Å². The van der Waals surface area contributed by atoms with E-state index in [-0.39, 0.29) is 0 Å². The maximum absolute atomic E-state index is 4.55. The first-order valence-corrected chi connectivity index (χ1v) is 5.16. The number of anilines is 1. The molecule has 2 nitrogen and oxygen atoms in total. The van der Waals surface area contributed by atoms with E-state index in [1.165, 1.54) is 5.56 Å². The van der Waals surface area contributed by atoms with Crippen LogP contribution < -0.4 is 4.90 Å². The Morgan fingerprint density at radius 3 is 2.50 bits per heavy atom. The summed E-state index contributed by atoms with van der Waals surface area (Å²) in [7, 11) is 2.11. The Morgan fingerprint density at radius 2 is 1.93 bits per heavy atom. The quantitative estimate of drug-likeness (QED) is 0.732. The van der Waals surface area contributed by atoms with E-state index in [0.717, 1.165) is 18.1 Å². The molecule has 0 N–H and O–H groups in total. The fraction of sp³-hybridized carbons (Fsp3) is 0.583. The van der Waals surface area contributed by atoms with Crippen LogP contribution in [0.5, 0.6) is 0 Å². The van der Waals surface area contributed by atoms with Crippen LogP contribution in [0.15, 0.2) is 12.1 Å². The summed E-state index contributed by atoms with van der Waals surface area (Å²) in [6.45, 7) is 9.64. The highest BCUT2D eigenvalue weighted by atomic mass is 15.2. The first-order chi connectivity index (χ1) is 6.50. The van der Waals surface area contributed by atoms with Crippen LogP contribution in [0.3, 0.4) is 0 Å². The minimum atomic E-state index is 0.668. The lowest BCUT2D eigenvalue weighted by Crippen LogP contribution is -2.24. The zero-order chi connectivity index (χ0) is 10.7. The Bertz CT molecular complexity index is 305. The van der Waals surface area contributed by atoms with Crippen molar-refractivity contribution >= 4 is 5.82 Å². The van der Waals surface area contributed by atoms with Crippen molar-refractivity contribution in [1.82, 2.24) is 4.98 Å². The molecule has 0 atom stereocenters. The number of aryl methyl sites for hydroxylation is 2. The molecule has 0 bridgehead atoms. The van der Waals surface area contributed by atoms with E-state index in [1.807, 2.05) is 6.92 Å². The van der Waals surface area contributed by atoms with Gasteiger partial charge in [-0.1, -0.05) is 19.9 Å². The molecule has 0 aliphatic carbocycles. The van der Waals surface area contributed by atoms with Crippen molar-refractivity contribution in [1.29, 1.82) is 0 Å². The van der Waals surface area contributed by atoms with Crippen molar-refractivity contribution in [3.63, 3.8) is 0 Å². The van der Waals surface area contributed by atoms with Gasteiger partial charge in [-0.25, -0.2) is 4.98 Å². The zero-order valence-corrected chi connectivity index (χ0v) is 9.83. The lowest BCUT2D eigenvalue weighted by molar-refractivity contribution is 0.633. The van der Waals surface area contributed by atoms with Crippen LogP contribution in [0.1, 0.15) is 25.1 Å². The molecule has 1 aromatic heterocycles. The van der Waals surface area contributed by atoms with E-state index in [0.29, 0.717) is 5.92 Å². The van der Waals surface area contributed by atoms with Crippen LogP contribution in [-0.2, 0) is 0 Å². The standard InChI is InChI=1S/C12H20N2/c1-9(2)8-14(5)12-10(3)6-7-11(4)13-12/h6-7,9H,8H2,1-5H3. The third-order valence-electron chi connectivity index (χ3n) is 2.21. The highest BCUT2D eigenvalue weighted by molar-refractivity contribution is 5.46. The molecule has 0 saturated heterocycles. The van der Waals surface area contributed by atoms with Crippen molar-refractivity contribution < 1.29 is 0 Å². The summed E-state index contributed by atoms with van der Waals surface area (Å²) in [5.74, 6) is 1.78. The SMILES string of the molecule is Cc1ccc(C)c(N(C)CC(C)C)n1. The van der Waals surface area contributed by atoms with Crippen molar-refractivity contribution in [2.45, 2.75) is 27.7 Å². The first-order valence-electron chi connectivity index (χ1n) is 5.16. The number of hydrogen-bond acceptors (Lipinski definition) is 2. The summed E-state index contributed by atoms with van der Waals surface area (Å²) in [4.78, 5) is 6.78. The molecule has 0 radical (unpaired) electrons. The molecule has 0 aliphatic heterocycles. The third kappa shape index (κ3) is 2.72. The number of hydrogen-bond donors (Lipinski definition) is 0. The molecule has 1 heterocycles. The smallest absolute Gasteiger partial charge is 0.131 e. The van der Waals surface area contributed by atoms with Crippen LogP contribution in [0, 0.1) is 19.8 Å². The van der Waals surface area contributed by atoms with Gasteiger partial charge in [0.2, 0.25) is 0 Å². The molecule has 1 aromatic rings. The minimum Gasteiger partial charge on any atom is -0.359 e. The van der Waals surface area contributed by atoms with Gasteiger partial charge in [0.25, 0.3) is 0 Å². The Hall–Kier alpha value is -1.05. The van der Waals surface area contributed by atoms with E-state index >= 15 is 0 Å². The van der Waals surface area contributed by atoms with E-state index in [2.05, 4.69) is 49.8 Å². The molecule has 0 spiro atoms. The highest BCUT2D eigenvalue weighted by Crippen LogP contribution is 2.16. The molecule has 0 amide bonds. The Morgan fingerprint density at radius 1 is 1.29 bits per heavy atom. The van der Waals surface area contributed by atoms with Gasteiger partial charge in [0, 0.05) is 19.3 Å². The van der Waals surface area contributed by atoms with Crippen molar-refractivity contribution in [3.05, 3.63) is 23.4 Å². The molecule has 1 rings (SSSR count). The molecule has 0 aromatic carbocycles. The van der Waals surface area contributed by atoms with Crippen LogP contribution in [0.4, 0.5) is 5.82 Å². The topological polar surface area (TPSA) is 16.1 Å². The summed E-state index contributed by atoms with van der Waals surface area (Å²) in [5, 5.41) is 0. The van der Waals surface area contributed by atoms with E-state index in [9.17, 15) is 0 Å². The number of rotatable bonds is 3. The third-order valence-corrected chi connectivity index (χ3v) is 2.21. The summed E-state index contributed by atoms with van der Waals surface area (Å²) >= 11 is 0. The van der Waals surface area contributed by atoms with Gasteiger partial charge in [0.1, 0.15) is 5.82 Å². The molecule has 0 unspecified atom stereocenters. The highest BCUT2D eigenvalue weighted by Gasteiger charge is 2.07. The van der Waals surface area contributed by atoms with Crippen molar-refractivity contribution in [2.24, 2.45) is 5.92 Å². The zero-order valence-electron chi connectivity index (χ0n) is 9.83. The molecule has 0 fully saturated rings. The van der Waals surface area contributed by atoms with E-state index in [1.54, 1.807) is 0 Å². The molecular weight excluding hydrogens is 172 g/mol. The predicted molar refractivity (Wildman–Crippen MR) is 61.8 cm³/mol. The lowest BCUT2D eigenvalue weighted by Gasteiger charge is -2.22. The fourth-order valence-corrected chi connectivity index (χ4v) is 1.63. The fourth-order valence-electron chi connectivity index (χ4n) is 1.63. The van der Waals surface area contributed by atoms with Gasteiger partial charge >= 0.3 is 0 Å². The maximum Gasteiger partial charge on any atom is 0.131 e. The summed E-state index contributed by atoms with van der Waals surface area (Å²) in [6, 6.07) is 4.19. The predicted octanol–water partition coefficient (Wildman–Crippen LogP) is 2.79. The van der Waals surface area contributed by atoms with Gasteiger partial charge in [0.15, 0.2) is 0 Å². The molecule has 2 heteroatoms. The second-order valence-electron chi connectivity index (χ2n) is 4.37. The van der Waals surface area contributed by atoms with Gasteiger partial charge in [-0.2, -0.15) is 0 Å². The molecule has 14 heavy (non-hydrogen) atoms. The maximum atomic E-state index is 4.55. The summed E-state index contributed by atoms with van der Waals surface area (Å²) in [6.07, 6.45) is 0. The van der Waals surface area contributed by atoms with Crippen molar-refractivity contribution in [3.8, 4) is 0 Å². The number of aromatic nitrogens is 1. The molecule has 78 valence electrons.